The molecule has 0 amide bonds. The topological polar surface area (TPSA) is 76.8 Å². The van der Waals surface area contributed by atoms with E-state index in [9.17, 15) is 0 Å². The van der Waals surface area contributed by atoms with Crippen LogP contribution in [-0.4, -0.2) is 11.8 Å². The van der Waals surface area contributed by atoms with E-state index >= 15 is 0 Å². The molecule has 4 nitrogen and oxygen atoms in total. The van der Waals surface area contributed by atoms with E-state index in [0.717, 1.165) is 0 Å². The predicted octanol–water partition coefficient (Wildman–Crippen LogP) is 0.418. The molecule has 0 bridgehead atoms. The molecule has 0 aromatic heterocycles. The van der Waals surface area contributed by atoms with Crippen molar-refractivity contribution in [1.82, 2.24) is 0 Å². The Balaban J connectivity index is 3.95. The van der Waals surface area contributed by atoms with Crippen molar-refractivity contribution in [1.29, 1.82) is 0 Å². The minimum atomic E-state index is 0.218. The van der Waals surface area contributed by atoms with Crippen LogP contribution in [0.15, 0.2) is 8.20 Å². The molecule has 9 heavy (non-hydrogen) atoms. The lowest BCUT2D eigenvalue weighted by Crippen LogP contribution is -2.16. The SMILES string of the molecule is CCC(N)=NC(N)=NI. The van der Waals surface area contributed by atoms with E-state index in [0.29, 0.717) is 12.3 Å². The average Bonchev–Trinajstić information content (AvgIpc) is 1.87. The Labute approximate surface area is 67.9 Å². The van der Waals surface area contributed by atoms with E-state index < -0.39 is 0 Å². The number of amidine groups is 1. The molecule has 0 aromatic carbocycles. The number of halogens is 1. The highest BCUT2D eigenvalue weighted by Gasteiger charge is 1.87. The van der Waals surface area contributed by atoms with Crippen molar-refractivity contribution in [2.24, 2.45) is 19.7 Å². The van der Waals surface area contributed by atoms with Crippen LogP contribution in [0, 0.1) is 0 Å². The molecule has 0 aromatic rings. The molecule has 0 unspecified atom stereocenters. The summed E-state index contributed by atoms with van der Waals surface area (Å²) < 4.78 is 3.57. The van der Waals surface area contributed by atoms with Gasteiger partial charge in [0.15, 0.2) is 0 Å². The summed E-state index contributed by atoms with van der Waals surface area (Å²) in [6, 6.07) is 0. The van der Waals surface area contributed by atoms with Gasteiger partial charge < -0.3 is 11.5 Å². The van der Waals surface area contributed by atoms with Gasteiger partial charge in [0.25, 0.3) is 0 Å². The average molecular weight is 240 g/mol. The second-order valence-corrected chi connectivity index (χ2v) is 1.88. The third-order valence-corrected chi connectivity index (χ3v) is 1.20. The van der Waals surface area contributed by atoms with Crippen LogP contribution in [0.4, 0.5) is 0 Å². The largest absolute Gasteiger partial charge is 0.387 e. The maximum atomic E-state index is 5.34. The molecule has 0 aliphatic heterocycles. The van der Waals surface area contributed by atoms with Gasteiger partial charge in [0.1, 0.15) is 5.84 Å². The van der Waals surface area contributed by atoms with Crippen LogP contribution in [0.1, 0.15) is 13.3 Å². The van der Waals surface area contributed by atoms with Gasteiger partial charge in [0, 0.05) is 6.42 Å². The Kier molecular flexibility index (Phi) is 4.37. The number of hydrogen-bond acceptors (Lipinski definition) is 1. The highest BCUT2D eigenvalue weighted by atomic mass is 127. The van der Waals surface area contributed by atoms with Crippen LogP contribution >= 0.6 is 22.9 Å². The smallest absolute Gasteiger partial charge is 0.227 e. The molecule has 52 valence electrons. The second-order valence-electron chi connectivity index (χ2n) is 1.40. The van der Waals surface area contributed by atoms with Crippen molar-refractivity contribution in [2.45, 2.75) is 13.3 Å². The first-order chi connectivity index (χ1) is 4.20. The molecule has 5 heteroatoms. The summed E-state index contributed by atoms with van der Waals surface area (Å²) in [4.78, 5) is 3.73. The molecule has 0 aliphatic carbocycles. The first-order valence-corrected chi connectivity index (χ1v) is 3.44. The second kappa shape index (κ2) is 4.54. The highest BCUT2D eigenvalue weighted by Crippen LogP contribution is 1.84. The summed E-state index contributed by atoms with van der Waals surface area (Å²) >= 11 is 1.76. The number of nitrogens with two attached hydrogens (primary N) is 2. The molecule has 0 radical (unpaired) electrons. The summed E-state index contributed by atoms with van der Waals surface area (Å²) in [5, 5.41) is 0. The van der Waals surface area contributed by atoms with Crippen LogP contribution in [0.2, 0.25) is 0 Å². The molecule has 0 saturated carbocycles. The van der Waals surface area contributed by atoms with Crippen molar-refractivity contribution < 1.29 is 0 Å². The highest BCUT2D eigenvalue weighted by molar-refractivity contribution is 14.1. The van der Waals surface area contributed by atoms with Gasteiger partial charge in [-0.05, 0) is 0 Å². The van der Waals surface area contributed by atoms with E-state index in [1.807, 2.05) is 6.92 Å². The minimum absolute atomic E-state index is 0.218. The Bertz CT molecular complexity index is 140. The summed E-state index contributed by atoms with van der Waals surface area (Å²) in [7, 11) is 0. The van der Waals surface area contributed by atoms with Gasteiger partial charge in [-0.2, -0.15) is 3.21 Å². The summed E-state index contributed by atoms with van der Waals surface area (Å²) in [6.45, 7) is 1.90. The Hall–Kier alpha value is -0.330. The van der Waals surface area contributed by atoms with Crippen molar-refractivity contribution in [3.63, 3.8) is 0 Å². The maximum absolute atomic E-state index is 5.34. The van der Waals surface area contributed by atoms with Gasteiger partial charge in [-0.25, -0.2) is 4.99 Å². The molecule has 0 heterocycles. The number of hydrogen-bond donors (Lipinski definition) is 2. The van der Waals surface area contributed by atoms with Crippen molar-refractivity contribution in [3.8, 4) is 0 Å². The maximum Gasteiger partial charge on any atom is 0.227 e. The van der Waals surface area contributed by atoms with Crippen molar-refractivity contribution in [3.05, 3.63) is 0 Å². The summed E-state index contributed by atoms with van der Waals surface area (Å²) in [5.41, 5.74) is 10.6. The van der Waals surface area contributed by atoms with Crippen LogP contribution in [0.25, 0.3) is 0 Å². The van der Waals surface area contributed by atoms with E-state index in [-0.39, 0.29) is 5.96 Å². The zero-order valence-corrected chi connectivity index (χ0v) is 7.29. The number of guanidine groups is 1. The molecule has 0 fully saturated rings. The van der Waals surface area contributed by atoms with Gasteiger partial charge in [-0.1, -0.05) is 6.92 Å². The monoisotopic (exact) mass is 240 g/mol. The van der Waals surface area contributed by atoms with E-state index in [1.54, 1.807) is 22.9 Å². The third kappa shape index (κ3) is 4.19. The lowest BCUT2D eigenvalue weighted by molar-refractivity contribution is 1.24. The first kappa shape index (κ1) is 8.67. The fourth-order valence-corrected chi connectivity index (χ4v) is 0.353. The van der Waals surface area contributed by atoms with E-state index in [1.165, 1.54) is 0 Å². The van der Waals surface area contributed by atoms with Crippen LogP contribution in [0.3, 0.4) is 0 Å². The minimum Gasteiger partial charge on any atom is -0.387 e. The molecule has 0 spiro atoms. The zero-order chi connectivity index (χ0) is 7.28. The molecule has 4 N–H and O–H groups in total. The number of nitrogens with zero attached hydrogens (tertiary/aromatic N) is 2. The predicted molar refractivity (Wildman–Crippen MR) is 47.6 cm³/mol. The summed E-state index contributed by atoms with van der Waals surface area (Å²) in [5.74, 6) is 0.725. The fourth-order valence-electron chi connectivity index (χ4n) is 0.245. The van der Waals surface area contributed by atoms with Crippen LogP contribution in [0.5, 0.6) is 0 Å². The lowest BCUT2D eigenvalue weighted by atomic mass is 10.5. The molecular weight excluding hydrogens is 231 g/mol. The number of rotatable bonds is 1. The van der Waals surface area contributed by atoms with Gasteiger partial charge in [-0.3, -0.25) is 0 Å². The normalized spacial score (nSPS) is 14.0. The van der Waals surface area contributed by atoms with Crippen LogP contribution in [-0.2, 0) is 0 Å². The zero-order valence-electron chi connectivity index (χ0n) is 5.13. The molecule has 0 aliphatic rings. The van der Waals surface area contributed by atoms with Gasteiger partial charge in [0.05, 0.1) is 22.9 Å². The Morgan fingerprint density at radius 3 is 2.44 bits per heavy atom. The quantitative estimate of drug-likeness (QED) is 0.396. The Morgan fingerprint density at radius 2 is 2.11 bits per heavy atom. The van der Waals surface area contributed by atoms with E-state index in [4.69, 9.17) is 11.5 Å². The summed E-state index contributed by atoms with van der Waals surface area (Å²) in [6.07, 6.45) is 0.701. The van der Waals surface area contributed by atoms with Gasteiger partial charge >= 0.3 is 0 Å². The molecule has 0 atom stereocenters. The Morgan fingerprint density at radius 1 is 1.56 bits per heavy atom. The first-order valence-electron chi connectivity index (χ1n) is 2.48. The van der Waals surface area contributed by atoms with Crippen LogP contribution < -0.4 is 11.5 Å². The lowest BCUT2D eigenvalue weighted by Gasteiger charge is -1.91. The fraction of sp³-hybridized carbons (Fsp3) is 0.500. The van der Waals surface area contributed by atoms with Gasteiger partial charge in [-0.15, -0.1) is 0 Å². The van der Waals surface area contributed by atoms with Crippen molar-refractivity contribution in [2.75, 3.05) is 0 Å². The van der Waals surface area contributed by atoms with Crippen molar-refractivity contribution >= 4 is 34.7 Å². The number of aliphatic imine (C=N–C) groups is 1. The molecular formula is C4H9IN4. The van der Waals surface area contributed by atoms with Gasteiger partial charge in [0.2, 0.25) is 5.96 Å². The third-order valence-electron chi connectivity index (χ3n) is 0.707. The molecule has 0 rings (SSSR count). The molecule has 0 saturated heterocycles. The standard InChI is InChI=1S/C4H9IN4/c1-2-3(6)8-4(7)9-5/h2H2,1H3,(H4,6,7,8,9). The van der Waals surface area contributed by atoms with E-state index in [2.05, 4.69) is 8.20 Å².